The fourth-order valence-electron chi connectivity index (χ4n) is 2.54. The summed E-state index contributed by atoms with van der Waals surface area (Å²) in [6.07, 6.45) is 1.52. The van der Waals surface area contributed by atoms with E-state index >= 15 is 0 Å². The summed E-state index contributed by atoms with van der Waals surface area (Å²) in [5.41, 5.74) is 1.32. The molecule has 1 fully saturated rings. The van der Waals surface area contributed by atoms with Crippen molar-refractivity contribution in [1.82, 2.24) is 4.98 Å². The molecule has 1 saturated heterocycles. The molecule has 2 heterocycles. The third-order valence-electron chi connectivity index (χ3n) is 3.78. The van der Waals surface area contributed by atoms with Gasteiger partial charge in [0, 0.05) is 19.0 Å². The summed E-state index contributed by atoms with van der Waals surface area (Å²) >= 11 is 0. The van der Waals surface area contributed by atoms with Crippen LogP contribution >= 0.6 is 0 Å². The predicted octanol–water partition coefficient (Wildman–Crippen LogP) is 2.65. The van der Waals surface area contributed by atoms with Gasteiger partial charge in [-0.05, 0) is 37.3 Å². The highest BCUT2D eigenvalue weighted by atomic mass is 16.5. The molecule has 1 aliphatic heterocycles. The molecule has 0 bridgehead atoms. The van der Waals surface area contributed by atoms with Crippen LogP contribution in [-0.2, 0) is 14.3 Å². The van der Waals surface area contributed by atoms with Crippen LogP contribution in [-0.4, -0.2) is 22.8 Å². The maximum atomic E-state index is 12.3. The molecule has 0 spiro atoms. The zero-order valence-corrected chi connectivity index (χ0v) is 13.1. The highest BCUT2D eigenvalue weighted by Gasteiger charge is 2.30. The van der Waals surface area contributed by atoms with Gasteiger partial charge in [0.25, 0.3) is 0 Å². The van der Waals surface area contributed by atoms with Gasteiger partial charge in [-0.1, -0.05) is 12.1 Å². The van der Waals surface area contributed by atoms with Crippen LogP contribution in [0.25, 0.3) is 0 Å². The Balaban J connectivity index is 1.77. The smallest absolute Gasteiger partial charge is 0.338 e. The number of hydrogen-bond donors (Lipinski definition) is 0. The molecule has 1 aromatic carbocycles. The van der Waals surface area contributed by atoms with Gasteiger partial charge in [0.15, 0.2) is 0 Å². The van der Waals surface area contributed by atoms with Crippen LogP contribution in [0.5, 0.6) is 0 Å². The number of ether oxygens (including phenoxy) is 1. The highest BCUT2D eigenvalue weighted by molar-refractivity contribution is 6.20. The van der Waals surface area contributed by atoms with E-state index in [0.29, 0.717) is 11.4 Å². The van der Waals surface area contributed by atoms with Gasteiger partial charge in [0.1, 0.15) is 6.10 Å². The Labute approximate surface area is 139 Å². The molecule has 0 N–H and O–H groups in total. The number of nitrogens with zero attached hydrogens (tertiary/aromatic N) is 2. The summed E-state index contributed by atoms with van der Waals surface area (Å²) < 4.78 is 5.40. The largest absolute Gasteiger partial charge is 0.453 e. The van der Waals surface area contributed by atoms with E-state index < -0.39 is 12.1 Å². The van der Waals surface area contributed by atoms with Crippen LogP contribution in [0.3, 0.4) is 0 Å². The predicted molar refractivity (Wildman–Crippen MR) is 86.2 cm³/mol. The first kappa shape index (κ1) is 15.9. The van der Waals surface area contributed by atoms with E-state index in [9.17, 15) is 14.4 Å². The van der Waals surface area contributed by atoms with Crippen LogP contribution in [0.1, 0.15) is 41.9 Å². The SMILES string of the molecule is CC(OC(=O)c1cccc(N2C(=O)CCC2=O)c1)c1ccccn1. The number of carbonyl (C=O) groups is 3. The van der Waals surface area contributed by atoms with Crippen molar-refractivity contribution < 1.29 is 19.1 Å². The lowest BCUT2D eigenvalue weighted by Crippen LogP contribution is -2.28. The molecule has 1 unspecified atom stereocenters. The average Bonchev–Trinajstić information content (AvgIpc) is 2.94. The molecule has 1 aliphatic rings. The molecule has 1 atom stereocenters. The van der Waals surface area contributed by atoms with Gasteiger partial charge in [-0.3, -0.25) is 19.5 Å². The van der Waals surface area contributed by atoms with Gasteiger partial charge in [0.05, 0.1) is 16.9 Å². The van der Waals surface area contributed by atoms with Crippen molar-refractivity contribution in [1.29, 1.82) is 0 Å². The quantitative estimate of drug-likeness (QED) is 0.638. The van der Waals surface area contributed by atoms with E-state index in [-0.39, 0.29) is 30.2 Å². The van der Waals surface area contributed by atoms with Crippen molar-refractivity contribution >= 4 is 23.5 Å². The Morgan fingerprint density at radius 2 is 1.88 bits per heavy atom. The molecule has 1 aromatic heterocycles. The van der Waals surface area contributed by atoms with Gasteiger partial charge >= 0.3 is 5.97 Å². The minimum absolute atomic E-state index is 0.199. The van der Waals surface area contributed by atoms with Crippen LogP contribution in [0.15, 0.2) is 48.7 Å². The van der Waals surface area contributed by atoms with Gasteiger partial charge in [-0.2, -0.15) is 0 Å². The topological polar surface area (TPSA) is 76.6 Å². The highest BCUT2D eigenvalue weighted by Crippen LogP contribution is 2.24. The summed E-state index contributed by atoms with van der Waals surface area (Å²) in [5.74, 6) is -1.05. The summed E-state index contributed by atoms with van der Waals surface area (Å²) in [6.45, 7) is 1.73. The Morgan fingerprint density at radius 3 is 2.54 bits per heavy atom. The molecule has 6 heteroatoms. The second kappa shape index (κ2) is 6.62. The molecule has 122 valence electrons. The number of carbonyl (C=O) groups excluding carboxylic acids is 3. The number of imide groups is 1. The Bertz CT molecular complexity index is 773. The molecule has 3 rings (SSSR count). The number of esters is 1. The van der Waals surface area contributed by atoms with Crippen LogP contribution in [0.4, 0.5) is 5.69 Å². The van der Waals surface area contributed by atoms with Crippen molar-refractivity contribution in [2.75, 3.05) is 4.90 Å². The second-order valence-electron chi connectivity index (χ2n) is 5.48. The average molecular weight is 324 g/mol. The maximum absolute atomic E-state index is 12.3. The van der Waals surface area contributed by atoms with Gasteiger partial charge in [0.2, 0.25) is 11.8 Å². The number of pyridine rings is 1. The number of aromatic nitrogens is 1. The van der Waals surface area contributed by atoms with E-state index in [1.54, 1.807) is 43.5 Å². The van der Waals surface area contributed by atoms with Gasteiger partial charge in [-0.15, -0.1) is 0 Å². The zero-order chi connectivity index (χ0) is 17.1. The third kappa shape index (κ3) is 3.17. The minimum Gasteiger partial charge on any atom is -0.453 e. The van der Waals surface area contributed by atoms with E-state index in [2.05, 4.69) is 4.98 Å². The lowest BCUT2D eigenvalue weighted by Gasteiger charge is -2.16. The molecule has 6 nitrogen and oxygen atoms in total. The molecule has 24 heavy (non-hydrogen) atoms. The molecular weight excluding hydrogens is 308 g/mol. The summed E-state index contributed by atoms with van der Waals surface area (Å²) in [4.78, 5) is 41.2. The standard InChI is InChI=1S/C18H16N2O4/c1-12(15-7-2-3-10-19-15)24-18(23)13-5-4-6-14(11-13)20-16(21)8-9-17(20)22/h2-7,10-12H,8-9H2,1H3. The lowest BCUT2D eigenvalue weighted by atomic mass is 10.2. The third-order valence-corrected chi connectivity index (χ3v) is 3.78. The van der Waals surface area contributed by atoms with Crippen molar-refractivity contribution in [2.45, 2.75) is 25.9 Å². The lowest BCUT2D eigenvalue weighted by molar-refractivity contribution is -0.121. The van der Waals surface area contributed by atoms with Crippen molar-refractivity contribution in [2.24, 2.45) is 0 Å². The fraction of sp³-hybridized carbons (Fsp3) is 0.222. The molecule has 0 radical (unpaired) electrons. The Kier molecular flexibility index (Phi) is 4.37. The number of rotatable bonds is 4. The molecule has 2 amide bonds. The zero-order valence-electron chi connectivity index (χ0n) is 13.1. The number of benzene rings is 1. The van der Waals surface area contributed by atoms with E-state index in [4.69, 9.17) is 4.74 Å². The number of hydrogen-bond acceptors (Lipinski definition) is 5. The van der Waals surface area contributed by atoms with E-state index in [1.165, 1.54) is 6.07 Å². The van der Waals surface area contributed by atoms with Crippen LogP contribution < -0.4 is 4.90 Å². The first-order valence-electron chi connectivity index (χ1n) is 7.64. The van der Waals surface area contributed by atoms with Gasteiger partial charge < -0.3 is 4.74 Å². The summed E-state index contributed by atoms with van der Waals surface area (Å²) in [5, 5.41) is 0. The molecular formula is C18H16N2O4. The Morgan fingerprint density at radius 1 is 1.12 bits per heavy atom. The summed E-state index contributed by atoms with van der Waals surface area (Å²) in [7, 11) is 0. The van der Waals surface area contributed by atoms with Crippen LogP contribution in [0, 0.1) is 0 Å². The number of anilines is 1. The minimum atomic E-state index is -0.533. The second-order valence-corrected chi connectivity index (χ2v) is 5.48. The number of amides is 2. The monoisotopic (exact) mass is 324 g/mol. The Hall–Kier alpha value is -3.02. The maximum Gasteiger partial charge on any atom is 0.338 e. The van der Waals surface area contributed by atoms with Crippen molar-refractivity contribution in [3.63, 3.8) is 0 Å². The first-order chi connectivity index (χ1) is 11.6. The van der Waals surface area contributed by atoms with Crippen molar-refractivity contribution in [3.05, 3.63) is 59.9 Å². The normalized spacial score (nSPS) is 15.5. The molecule has 2 aromatic rings. The summed E-state index contributed by atoms with van der Waals surface area (Å²) in [6, 6.07) is 11.7. The van der Waals surface area contributed by atoms with Crippen LogP contribution in [0.2, 0.25) is 0 Å². The molecule has 0 saturated carbocycles. The van der Waals surface area contributed by atoms with Crippen molar-refractivity contribution in [3.8, 4) is 0 Å². The van der Waals surface area contributed by atoms with Gasteiger partial charge in [-0.25, -0.2) is 4.79 Å². The van der Waals surface area contributed by atoms with E-state index in [0.717, 1.165) is 4.90 Å². The fourth-order valence-corrected chi connectivity index (χ4v) is 2.54. The van der Waals surface area contributed by atoms with E-state index in [1.807, 2.05) is 6.07 Å². The molecule has 0 aliphatic carbocycles. The first-order valence-corrected chi connectivity index (χ1v) is 7.64.